The standard InChI is InChI=1S/C11H10ClNOS/c1-14-7-2-3-8(9(12)6-7)10-4-5-11(13)15-10/h2-6H,13H2,1H3. The molecule has 2 nitrogen and oxygen atoms in total. The van der Waals surface area contributed by atoms with Crippen LogP contribution in [0.5, 0.6) is 5.75 Å². The van der Waals surface area contributed by atoms with E-state index < -0.39 is 0 Å². The Hall–Kier alpha value is -1.19. The first-order valence-electron chi connectivity index (χ1n) is 4.40. The van der Waals surface area contributed by atoms with Crippen LogP contribution in [0.3, 0.4) is 0 Å². The van der Waals surface area contributed by atoms with Gasteiger partial charge in [0.15, 0.2) is 0 Å². The van der Waals surface area contributed by atoms with Gasteiger partial charge in [-0.05, 0) is 30.3 Å². The quantitative estimate of drug-likeness (QED) is 0.868. The molecule has 0 spiro atoms. The van der Waals surface area contributed by atoms with E-state index in [1.807, 2.05) is 24.3 Å². The van der Waals surface area contributed by atoms with Gasteiger partial charge in [-0.2, -0.15) is 0 Å². The maximum Gasteiger partial charge on any atom is 0.120 e. The molecule has 0 aliphatic heterocycles. The fraction of sp³-hybridized carbons (Fsp3) is 0.0909. The number of anilines is 1. The Morgan fingerprint density at radius 1 is 1.27 bits per heavy atom. The highest BCUT2D eigenvalue weighted by Crippen LogP contribution is 2.36. The van der Waals surface area contributed by atoms with Crippen LogP contribution < -0.4 is 10.5 Å². The van der Waals surface area contributed by atoms with Crippen LogP contribution in [0.15, 0.2) is 30.3 Å². The van der Waals surface area contributed by atoms with Gasteiger partial charge in [-0.15, -0.1) is 11.3 Å². The van der Waals surface area contributed by atoms with Gasteiger partial charge in [0.2, 0.25) is 0 Å². The summed E-state index contributed by atoms with van der Waals surface area (Å²) >= 11 is 7.66. The molecule has 2 N–H and O–H groups in total. The van der Waals surface area contributed by atoms with E-state index in [0.717, 1.165) is 21.2 Å². The zero-order valence-corrected chi connectivity index (χ0v) is 9.73. The van der Waals surface area contributed by atoms with E-state index in [9.17, 15) is 0 Å². The summed E-state index contributed by atoms with van der Waals surface area (Å²) in [5.74, 6) is 0.758. The fourth-order valence-corrected chi connectivity index (χ4v) is 2.46. The van der Waals surface area contributed by atoms with Crippen molar-refractivity contribution in [1.82, 2.24) is 0 Å². The van der Waals surface area contributed by atoms with Gasteiger partial charge < -0.3 is 10.5 Å². The smallest absolute Gasteiger partial charge is 0.120 e. The van der Waals surface area contributed by atoms with Crippen LogP contribution in [0.4, 0.5) is 5.00 Å². The molecule has 0 aliphatic carbocycles. The van der Waals surface area contributed by atoms with Crippen molar-refractivity contribution >= 4 is 27.9 Å². The number of nitrogen functional groups attached to an aromatic ring is 1. The maximum atomic E-state index is 6.14. The number of hydrogen-bond acceptors (Lipinski definition) is 3. The third-order valence-electron chi connectivity index (χ3n) is 2.07. The van der Waals surface area contributed by atoms with Crippen LogP contribution in [0, 0.1) is 0 Å². The minimum absolute atomic E-state index is 0.677. The molecule has 1 heterocycles. The third kappa shape index (κ3) is 2.08. The molecule has 15 heavy (non-hydrogen) atoms. The minimum Gasteiger partial charge on any atom is -0.497 e. The lowest BCUT2D eigenvalue weighted by Gasteiger charge is -2.04. The van der Waals surface area contributed by atoms with Crippen LogP contribution >= 0.6 is 22.9 Å². The molecule has 0 radical (unpaired) electrons. The molecule has 0 bridgehead atoms. The summed E-state index contributed by atoms with van der Waals surface area (Å²) in [6, 6.07) is 9.46. The van der Waals surface area contributed by atoms with E-state index >= 15 is 0 Å². The number of ether oxygens (including phenoxy) is 1. The average Bonchev–Trinajstić information content (AvgIpc) is 2.64. The van der Waals surface area contributed by atoms with E-state index in [0.29, 0.717) is 5.02 Å². The summed E-state index contributed by atoms with van der Waals surface area (Å²) in [6.07, 6.45) is 0. The highest BCUT2D eigenvalue weighted by Gasteiger charge is 2.06. The Balaban J connectivity index is 2.45. The second-order valence-corrected chi connectivity index (χ2v) is 4.57. The molecule has 0 fully saturated rings. The van der Waals surface area contributed by atoms with Crippen LogP contribution in [-0.2, 0) is 0 Å². The molecule has 1 aromatic heterocycles. The fourth-order valence-electron chi connectivity index (χ4n) is 1.32. The summed E-state index contributed by atoms with van der Waals surface area (Å²) in [5.41, 5.74) is 6.66. The zero-order valence-electron chi connectivity index (χ0n) is 8.16. The van der Waals surface area contributed by atoms with Gasteiger partial charge in [-0.3, -0.25) is 0 Å². The summed E-state index contributed by atoms with van der Waals surface area (Å²) in [7, 11) is 1.62. The molecule has 2 rings (SSSR count). The lowest BCUT2D eigenvalue weighted by Crippen LogP contribution is -1.83. The molecule has 78 valence electrons. The van der Waals surface area contributed by atoms with E-state index in [2.05, 4.69) is 0 Å². The van der Waals surface area contributed by atoms with Crippen LogP contribution in [-0.4, -0.2) is 7.11 Å². The van der Waals surface area contributed by atoms with Gasteiger partial charge in [-0.25, -0.2) is 0 Å². The predicted molar refractivity (Wildman–Crippen MR) is 65.7 cm³/mol. The second-order valence-electron chi connectivity index (χ2n) is 3.05. The van der Waals surface area contributed by atoms with Gasteiger partial charge in [0.1, 0.15) is 5.75 Å². The van der Waals surface area contributed by atoms with Crippen molar-refractivity contribution in [1.29, 1.82) is 0 Å². The van der Waals surface area contributed by atoms with Gasteiger partial charge in [0.25, 0.3) is 0 Å². The van der Waals surface area contributed by atoms with E-state index in [4.69, 9.17) is 22.1 Å². The molecule has 0 amide bonds. The Bertz CT molecular complexity index is 481. The molecule has 1 aromatic carbocycles. The Labute approximate surface area is 97.3 Å². The zero-order chi connectivity index (χ0) is 10.8. The summed E-state index contributed by atoms with van der Waals surface area (Å²) in [4.78, 5) is 1.07. The number of nitrogens with two attached hydrogens (primary N) is 1. The molecule has 2 aromatic rings. The number of methoxy groups -OCH3 is 1. The SMILES string of the molecule is COc1ccc(-c2ccc(N)s2)c(Cl)c1. The van der Waals surface area contributed by atoms with Gasteiger partial charge in [0, 0.05) is 10.4 Å². The minimum atomic E-state index is 0.677. The number of benzene rings is 1. The highest BCUT2D eigenvalue weighted by molar-refractivity contribution is 7.19. The van der Waals surface area contributed by atoms with Gasteiger partial charge >= 0.3 is 0 Å². The van der Waals surface area contributed by atoms with Crippen molar-refractivity contribution < 1.29 is 4.74 Å². The molecule has 0 aliphatic rings. The number of thiophene rings is 1. The van der Waals surface area contributed by atoms with E-state index in [1.54, 1.807) is 13.2 Å². The van der Waals surface area contributed by atoms with Gasteiger partial charge in [0.05, 0.1) is 17.1 Å². The predicted octanol–water partition coefficient (Wildman–Crippen LogP) is 3.66. The lowest BCUT2D eigenvalue weighted by molar-refractivity contribution is 0.415. The Morgan fingerprint density at radius 2 is 2.07 bits per heavy atom. The molecule has 0 saturated heterocycles. The molecular formula is C11H10ClNOS. The first-order valence-corrected chi connectivity index (χ1v) is 5.59. The van der Waals surface area contributed by atoms with Crippen molar-refractivity contribution in [3.63, 3.8) is 0 Å². The summed E-state index contributed by atoms with van der Waals surface area (Å²) < 4.78 is 5.09. The Kier molecular flexibility index (Phi) is 2.84. The van der Waals surface area contributed by atoms with Crippen LogP contribution in [0.1, 0.15) is 0 Å². The summed E-state index contributed by atoms with van der Waals surface area (Å²) in [5, 5.41) is 1.47. The monoisotopic (exact) mass is 239 g/mol. The Morgan fingerprint density at radius 3 is 2.60 bits per heavy atom. The first-order chi connectivity index (χ1) is 7.20. The van der Waals surface area contributed by atoms with Crippen molar-refractivity contribution in [2.45, 2.75) is 0 Å². The van der Waals surface area contributed by atoms with E-state index in [1.165, 1.54) is 11.3 Å². The number of halogens is 1. The molecule has 0 saturated carbocycles. The van der Waals surface area contributed by atoms with E-state index in [-0.39, 0.29) is 0 Å². The maximum absolute atomic E-state index is 6.14. The lowest BCUT2D eigenvalue weighted by atomic mass is 10.2. The molecular weight excluding hydrogens is 230 g/mol. The third-order valence-corrected chi connectivity index (χ3v) is 3.33. The summed E-state index contributed by atoms with van der Waals surface area (Å²) in [6.45, 7) is 0. The molecule has 0 unspecified atom stereocenters. The second kappa shape index (κ2) is 4.13. The van der Waals surface area contributed by atoms with Crippen LogP contribution in [0.2, 0.25) is 5.02 Å². The first kappa shape index (κ1) is 10.3. The van der Waals surface area contributed by atoms with Crippen molar-refractivity contribution in [3.05, 3.63) is 35.4 Å². The van der Waals surface area contributed by atoms with Crippen molar-refractivity contribution in [2.75, 3.05) is 12.8 Å². The number of rotatable bonds is 2. The van der Waals surface area contributed by atoms with Crippen LogP contribution in [0.25, 0.3) is 10.4 Å². The topological polar surface area (TPSA) is 35.2 Å². The largest absolute Gasteiger partial charge is 0.497 e. The number of hydrogen-bond donors (Lipinski definition) is 1. The molecule has 0 atom stereocenters. The van der Waals surface area contributed by atoms with Crippen molar-refractivity contribution in [3.8, 4) is 16.2 Å². The van der Waals surface area contributed by atoms with Gasteiger partial charge in [-0.1, -0.05) is 11.6 Å². The average molecular weight is 240 g/mol. The normalized spacial score (nSPS) is 10.3. The van der Waals surface area contributed by atoms with Crippen molar-refractivity contribution in [2.24, 2.45) is 0 Å². The molecule has 4 heteroatoms. The highest BCUT2D eigenvalue weighted by atomic mass is 35.5.